The first-order valence-corrected chi connectivity index (χ1v) is 5.30. The van der Waals surface area contributed by atoms with Crippen molar-refractivity contribution in [3.05, 3.63) is 0 Å². The number of carboxylic acids is 1. The molecule has 0 aromatic carbocycles. The fraction of sp³-hybridized carbons (Fsp3) is 0.778. The molecule has 1 rings (SSSR count). The van der Waals surface area contributed by atoms with Crippen LogP contribution < -0.4 is 10.6 Å². The Morgan fingerprint density at radius 2 is 2.27 bits per heavy atom. The SMILES string of the molecule is COCCNC(=S)N[C@H]1C[C@H](C(=O)O)C1. The normalized spacial score (nSPS) is 24.1. The van der Waals surface area contributed by atoms with Gasteiger partial charge in [0.05, 0.1) is 12.5 Å². The van der Waals surface area contributed by atoms with Crippen molar-refractivity contribution in [2.75, 3.05) is 20.3 Å². The van der Waals surface area contributed by atoms with Crippen LogP contribution in [0.4, 0.5) is 0 Å². The summed E-state index contributed by atoms with van der Waals surface area (Å²) in [5, 5.41) is 15.3. The van der Waals surface area contributed by atoms with Crippen LogP contribution in [0.1, 0.15) is 12.8 Å². The quantitative estimate of drug-likeness (QED) is 0.456. The van der Waals surface area contributed by atoms with E-state index >= 15 is 0 Å². The van der Waals surface area contributed by atoms with Gasteiger partial charge in [-0.3, -0.25) is 4.79 Å². The molecule has 0 bridgehead atoms. The molecule has 0 aromatic heterocycles. The second-order valence-electron chi connectivity index (χ2n) is 3.60. The second-order valence-corrected chi connectivity index (χ2v) is 4.00. The lowest BCUT2D eigenvalue weighted by atomic mass is 9.80. The molecular formula is C9H16N2O3S. The number of methoxy groups -OCH3 is 1. The van der Waals surface area contributed by atoms with E-state index in [0.29, 0.717) is 31.1 Å². The van der Waals surface area contributed by atoms with E-state index in [4.69, 9.17) is 22.1 Å². The molecule has 5 nitrogen and oxygen atoms in total. The van der Waals surface area contributed by atoms with Crippen LogP contribution in [0, 0.1) is 5.92 Å². The summed E-state index contributed by atoms with van der Waals surface area (Å²) >= 11 is 5.02. The Kier molecular flexibility index (Phi) is 4.77. The fourth-order valence-electron chi connectivity index (χ4n) is 1.44. The zero-order valence-electron chi connectivity index (χ0n) is 8.66. The van der Waals surface area contributed by atoms with E-state index in [1.807, 2.05) is 0 Å². The van der Waals surface area contributed by atoms with Gasteiger partial charge in [-0.05, 0) is 25.1 Å². The maximum absolute atomic E-state index is 10.5. The van der Waals surface area contributed by atoms with Crippen LogP contribution in [0.15, 0.2) is 0 Å². The first-order chi connectivity index (χ1) is 7.13. The van der Waals surface area contributed by atoms with E-state index in [0.717, 1.165) is 0 Å². The molecule has 0 spiro atoms. The van der Waals surface area contributed by atoms with Crippen molar-refractivity contribution in [3.63, 3.8) is 0 Å². The minimum Gasteiger partial charge on any atom is -0.481 e. The molecule has 0 saturated heterocycles. The predicted octanol–water partition coefficient (Wildman–Crippen LogP) is -0.0399. The number of ether oxygens (including phenoxy) is 1. The number of rotatable bonds is 5. The summed E-state index contributed by atoms with van der Waals surface area (Å²) in [6.45, 7) is 1.27. The average Bonchev–Trinajstić information content (AvgIpc) is 2.10. The smallest absolute Gasteiger partial charge is 0.306 e. The number of nitrogens with one attached hydrogen (secondary N) is 2. The Labute approximate surface area is 94.2 Å². The summed E-state index contributed by atoms with van der Waals surface area (Å²) < 4.78 is 4.86. The molecule has 3 N–H and O–H groups in total. The topological polar surface area (TPSA) is 70.6 Å². The van der Waals surface area contributed by atoms with E-state index in [9.17, 15) is 4.79 Å². The maximum atomic E-state index is 10.5. The van der Waals surface area contributed by atoms with Gasteiger partial charge in [-0.25, -0.2) is 0 Å². The molecule has 6 heteroatoms. The first-order valence-electron chi connectivity index (χ1n) is 4.89. The third-order valence-corrected chi connectivity index (χ3v) is 2.68. The lowest BCUT2D eigenvalue weighted by Crippen LogP contribution is -2.50. The summed E-state index contributed by atoms with van der Waals surface area (Å²) in [6.07, 6.45) is 1.31. The number of aliphatic carboxylic acids is 1. The Morgan fingerprint density at radius 1 is 1.60 bits per heavy atom. The van der Waals surface area contributed by atoms with Crippen LogP contribution in [0.25, 0.3) is 0 Å². The van der Waals surface area contributed by atoms with Gasteiger partial charge >= 0.3 is 5.97 Å². The third-order valence-electron chi connectivity index (χ3n) is 2.41. The first kappa shape index (κ1) is 12.2. The molecule has 0 heterocycles. The van der Waals surface area contributed by atoms with Crippen LogP contribution in [-0.2, 0) is 9.53 Å². The highest BCUT2D eigenvalue weighted by atomic mass is 32.1. The van der Waals surface area contributed by atoms with Gasteiger partial charge in [0.15, 0.2) is 5.11 Å². The van der Waals surface area contributed by atoms with Gasteiger partial charge in [0.1, 0.15) is 0 Å². The third kappa shape index (κ3) is 4.01. The summed E-state index contributed by atoms with van der Waals surface area (Å²) in [5.41, 5.74) is 0. The van der Waals surface area contributed by atoms with Gasteiger partial charge in [0.25, 0.3) is 0 Å². The number of hydrogen-bond donors (Lipinski definition) is 3. The molecular weight excluding hydrogens is 216 g/mol. The molecule has 0 radical (unpaired) electrons. The number of carboxylic acid groups (broad SMARTS) is 1. The predicted molar refractivity (Wildman–Crippen MR) is 59.8 cm³/mol. The molecule has 1 fully saturated rings. The summed E-state index contributed by atoms with van der Waals surface area (Å²) in [7, 11) is 1.63. The van der Waals surface area contributed by atoms with E-state index in [1.165, 1.54) is 0 Å². The monoisotopic (exact) mass is 232 g/mol. The molecule has 0 amide bonds. The van der Waals surface area contributed by atoms with E-state index in [-0.39, 0.29) is 12.0 Å². The van der Waals surface area contributed by atoms with Crippen molar-refractivity contribution in [3.8, 4) is 0 Å². The number of carbonyl (C=O) groups is 1. The van der Waals surface area contributed by atoms with Crippen LogP contribution in [-0.4, -0.2) is 42.5 Å². The molecule has 0 aromatic rings. The van der Waals surface area contributed by atoms with Crippen LogP contribution in [0.2, 0.25) is 0 Å². The Bertz CT molecular complexity index is 242. The highest BCUT2D eigenvalue weighted by Gasteiger charge is 2.34. The molecule has 15 heavy (non-hydrogen) atoms. The zero-order valence-corrected chi connectivity index (χ0v) is 9.47. The Morgan fingerprint density at radius 3 is 2.80 bits per heavy atom. The van der Waals surface area contributed by atoms with Crippen molar-refractivity contribution >= 4 is 23.3 Å². The van der Waals surface area contributed by atoms with Gasteiger partial charge in [0, 0.05) is 19.7 Å². The van der Waals surface area contributed by atoms with E-state index < -0.39 is 5.97 Å². The zero-order chi connectivity index (χ0) is 11.3. The van der Waals surface area contributed by atoms with Gasteiger partial charge in [-0.2, -0.15) is 0 Å². The second kappa shape index (κ2) is 5.87. The summed E-state index contributed by atoms with van der Waals surface area (Å²) in [5.74, 6) is -0.921. The highest BCUT2D eigenvalue weighted by molar-refractivity contribution is 7.80. The van der Waals surface area contributed by atoms with Gasteiger partial charge in [-0.15, -0.1) is 0 Å². The maximum Gasteiger partial charge on any atom is 0.306 e. The number of thiocarbonyl (C=S) groups is 1. The molecule has 1 saturated carbocycles. The number of hydrogen-bond acceptors (Lipinski definition) is 3. The van der Waals surface area contributed by atoms with Crippen LogP contribution in [0.5, 0.6) is 0 Å². The molecule has 86 valence electrons. The molecule has 1 aliphatic rings. The van der Waals surface area contributed by atoms with Crippen molar-refractivity contribution in [2.24, 2.45) is 5.92 Å². The van der Waals surface area contributed by atoms with Gasteiger partial charge in [-0.1, -0.05) is 0 Å². The van der Waals surface area contributed by atoms with Gasteiger partial charge in [0.2, 0.25) is 0 Å². The summed E-state index contributed by atoms with van der Waals surface area (Å²) in [4.78, 5) is 10.5. The van der Waals surface area contributed by atoms with Gasteiger partial charge < -0.3 is 20.5 Å². The molecule has 0 aliphatic heterocycles. The lowest BCUT2D eigenvalue weighted by molar-refractivity contribution is -0.145. The standard InChI is InChI=1S/C9H16N2O3S/c1-14-3-2-10-9(15)11-7-4-6(5-7)8(12)13/h6-7H,2-5H2,1H3,(H,12,13)(H2,10,11,15)/t6-,7-. The Hall–Kier alpha value is -0.880. The minimum absolute atomic E-state index is 0.202. The van der Waals surface area contributed by atoms with E-state index in [1.54, 1.807) is 7.11 Å². The van der Waals surface area contributed by atoms with Crippen molar-refractivity contribution in [1.29, 1.82) is 0 Å². The molecule has 0 atom stereocenters. The van der Waals surface area contributed by atoms with Crippen molar-refractivity contribution in [2.45, 2.75) is 18.9 Å². The van der Waals surface area contributed by atoms with E-state index in [2.05, 4.69) is 10.6 Å². The summed E-state index contributed by atoms with van der Waals surface area (Å²) in [6, 6.07) is 0.202. The highest BCUT2D eigenvalue weighted by Crippen LogP contribution is 2.27. The van der Waals surface area contributed by atoms with Crippen LogP contribution >= 0.6 is 12.2 Å². The average molecular weight is 232 g/mol. The molecule has 0 unspecified atom stereocenters. The molecule has 1 aliphatic carbocycles. The van der Waals surface area contributed by atoms with Crippen LogP contribution in [0.3, 0.4) is 0 Å². The minimum atomic E-state index is -0.716. The largest absolute Gasteiger partial charge is 0.481 e. The Balaban J connectivity index is 2.06. The van der Waals surface area contributed by atoms with Crippen molar-refractivity contribution in [1.82, 2.24) is 10.6 Å². The van der Waals surface area contributed by atoms with Crippen molar-refractivity contribution < 1.29 is 14.6 Å². The lowest BCUT2D eigenvalue weighted by Gasteiger charge is -2.33. The fourth-order valence-corrected chi connectivity index (χ4v) is 1.71.